The smallest absolute Gasteiger partial charge is 0.157 e. The Kier molecular flexibility index (Phi) is 3.79. The van der Waals surface area contributed by atoms with Gasteiger partial charge in [-0.25, -0.2) is 0 Å². The zero-order valence-electron chi connectivity index (χ0n) is 10.5. The lowest BCUT2D eigenvalue weighted by Crippen LogP contribution is -2.18. The van der Waals surface area contributed by atoms with Crippen LogP contribution in [0.4, 0.5) is 0 Å². The van der Waals surface area contributed by atoms with Crippen LogP contribution in [0.25, 0.3) is 0 Å². The molecule has 0 radical (unpaired) electrons. The van der Waals surface area contributed by atoms with E-state index in [4.69, 9.17) is 0 Å². The summed E-state index contributed by atoms with van der Waals surface area (Å²) in [5.74, 6) is 0.899. The van der Waals surface area contributed by atoms with Gasteiger partial charge in [0.2, 0.25) is 0 Å². The van der Waals surface area contributed by atoms with E-state index in [2.05, 4.69) is 45.6 Å². The van der Waals surface area contributed by atoms with Gasteiger partial charge in [-0.2, -0.15) is 0 Å². The van der Waals surface area contributed by atoms with Crippen LogP contribution >= 0.6 is 11.8 Å². The Bertz CT molecular complexity index is 581. The van der Waals surface area contributed by atoms with Gasteiger partial charge in [0.15, 0.2) is 5.17 Å². The van der Waals surface area contributed by atoms with Crippen LogP contribution in [0.2, 0.25) is 0 Å². The van der Waals surface area contributed by atoms with Gasteiger partial charge in [-0.1, -0.05) is 42.1 Å². The minimum atomic E-state index is 0.762. The highest BCUT2D eigenvalue weighted by Gasteiger charge is 2.09. The molecule has 1 N–H and O–H groups in total. The van der Waals surface area contributed by atoms with Crippen molar-refractivity contribution in [2.24, 2.45) is 4.99 Å². The van der Waals surface area contributed by atoms with E-state index in [1.54, 1.807) is 18.0 Å². The minimum absolute atomic E-state index is 0.762. The molecular weight excluding hydrogens is 254 g/mol. The van der Waals surface area contributed by atoms with Crippen LogP contribution in [-0.4, -0.2) is 10.2 Å². The molecule has 1 aliphatic heterocycles. The van der Waals surface area contributed by atoms with Crippen LogP contribution < -0.4 is 5.32 Å². The van der Waals surface area contributed by atoms with Gasteiger partial charge in [0.25, 0.3) is 0 Å². The third-order valence-corrected chi connectivity index (χ3v) is 4.06. The van der Waals surface area contributed by atoms with Crippen molar-refractivity contribution in [1.29, 1.82) is 0 Å². The lowest BCUT2D eigenvalue weighted by molar-refractivity contribution is 0.930. The summed E-state index contributed by atoms with van der Waals surface area (Å²) in [4.78, 5) is 8.75. The molecular formula is C15H15N3S. The Labute approximate surface area is 117 Å². The molecule has 0 fully saturated rings. The molecule has 1 aromatic heterocycles. The molecule has 0 saturated heterocycles. The summed E-state index contributed by atoms with van der Waals surface area (Å²) in [6, 6.07) is 12.5. The lowest BCUT2D eigenvalue weighted by Gasteiger charge is -2.07. The van der Waals surface area contributed by atoms with Gasteiger partial charge in [0.1, 0.15) is 0 Å². The zero-order chi connectivity index (χ0) is 12.9. The van der Waals surface area contributed by atoms with Crippen molar-refractivity contribution in [3.8, 4) is 0 Å². The monoisotopic (exact) mass is 269 g/mol. The van der Waals surface area contributed by atoms with Gasteiger partial charge in [0, 0.05) is 24.7 Å². The van der Waals surface area contributed by atoms with E-state index in [0.717, 1.165) is 24.0 Å². The average molecular weight is 269 g/mol. The topological polar surface area (TPSA) is 37.3 Å². The van der Waals surface area contributed by atoms with Crippen molar-refractivity contribution < 1.29 is 0 Å². The normalized spacial score (nSPS) is 14.0. The summed E-state index contributed by atoms with van der Waals surface area (Å²) in [5, 5.41) is 4.41. The van der Waals surface area contributed by atoms with E-state index >= 15 is 0 Å². The second-order valence-electron chi connectivity index (χ2n) is 4.39. The number of aromatic nitrogens is 1. The maximum absolute atomic E-state index is 4.63. The molecule has 3 rings (SSSR count). The number of fused-ring (bicyclic) bond motifs is 1. The first-order valence-corrected chi connectivity index (χ1v) is 7.27. The largest absolute Gasteiger partial charge is 0.361 e. The molecule has 1 aliphatic rings. The molecule has 1 aromatic carbocycles. The molecule has 2 heterocycles. The fourth-order valence-corrected chi connectivity index (χ4v) is 2.80. The molecule has 0 unspecified atom stereocenters. The molecule has 0 spiro atoms. The van der Waals surface area contributed by atoms with Gasteiger partial charge in [0.05, 0.1) is 6.54 Å². The zero-order valence-corrected chi connectivity index (χ0v) is 11.4. The van der Waals surface area contributed by atoms with Crippen molar-refractivity contribution >= 4 is 16.9 Å². The number of amidine groups is 1. The number of nitrogens with zero attached hydrogens (tertiary/aromatic N) is 2. The van der Waals surface area contributed by atoms with E-state index in [9.17, 15) is 0 Å². The SMILES string of the molecule is c1cncc(CSC2=NCc3ccccc3CN2)c1. The van der Waals surface area contributed by atoms with Crippen LogP contribution in [0.3, 0.4) is 0 Å². The Morgan fingerprint density at radius 1 is 1.11 bits per heavy atom. The molecule has 19 heavy (non-hydrogen) atoms. The standard InChI is InChI=1S/C15H15N3S/c1-2-6-14-10-18-15(17-9-13(14)5-1)19-11-12-4-3-7-16-8-12/h1-8H,9-11H2,(H,17,18). The number of nitrogens with one attached hydrogen (secondary N) is 1. The third kappa shape index (κ3) is 3.15. The maximum atomic E-state index is 4.63. The number of aliphatic imine (C=N–C) groups is 1. The molecule has 0 bridgehead atoms. The Hall–Kier alpha value is -1.81. The van der Waals surface area contributed by atoms with Crippen LogP contribution in [-0.2, 0) is 18.8 Å². The molecule has 0 amide bonds. The first-order valence-electron chi connectivity index (χ1n) is 6.28. The van der Waals surface area contributed by atoms with Gasteiger partial charge in [-0.3, -0.25) is 9.98 Å². The van der Waals surface area contributed by atoms with Crippen molar-refractivity contribution in [3.05, 3.63) is 65.5 Å². The van der Waals surface area contributed by atoms with Crippen LogP contribution in [0.1, 0.15) is 16.7 Å². The number of pyridine rings is 1. The maximum Gasteiger partial charge on any atom is 0.157 e. The predicted octanol–water partition coefficient (Wildman–Crippen LogP) is 2.97. The molecule has 0 aliphatic carbocycles. The summed E-state index contributed by atoms with van der Waals surface area (Å²) < 4.78 is 0. The Morgan fingerprint density at radius 3 is 2.84 bits per heavy atom. The lowest BCUT2D eigenvalue weighted by atomic mass is 10.1. The number of hydrogen-bond acceptors (Lipinski definition) is 4. The van der Waals surface area contributed by atoms with E-state index in [1.165, 1.54) is 16.7 Å². The molecule has 4 heteroatoms. The predicted molar refractivity (Wildman–Crippen MR) is 80.0 cm³/mol. The molecule has 96 valence electrons. The highest BCUT2D eigenvalue weighted by atomic mass is 32.2. The summed E-state index contributed by atoms with van der Waals surface area (Å²) in [6.45, 7) is 1.62. The molecule has 0 atom stereocenters. The van der Waals surface area contributed by atoms with Crippen molar-refractivity contribution in [2.45, 2.75) is 18.8 Å². The number of thioether (sulfide) groups is 1. The highest BCUT2D eigenvalue weighted by Crippen LogP contribution is 2.17. The van der Waals surface area contributed by atoms with Crippen molar-refractivity contribution in [3.63, 3.8) is 0 Å². The summed E-state index contributed by atoms with van der Waals surface area (Å²) >= 11 is 1.73. The fraction of sp³-hybridized carbons (Fsp3) is 0.200. The van der Waals surface area contributed by atoms with Gasteiger partial charge < -0.3 is 5.32 Å². The average Bonchev–Trinajstić information content (AvgIpc) is 2.69. The fourth-order valence-electron chi connectivity index (χ4n) is 2.00. The van der Waals surface area contributed by atoms with E-state index in [0.29, 0.717) is 0 Å². The molecule has 3 nitrogen and oxygen atoms in total. The first-order chi connectivity index (χ1) is 9.42. The third-order valence-electron chi connectivity index (χ3n) is 3.04. The van der Waals surface area contributed by atoms with Crippen molar-refractivity contribution in [1.82, 2.24) is 10.3 Å². The second kappa shape index (κ2) is 5.89. The Morgan fingerprint density at radius 2 is 2.00 bits per heavy atom. The highest BCUT2D eigenvalue weighted by molar-refractivity contribution is 8.13. The molecule has 2 aromatic rings. The van der Waals surface area contributed by atoms with E-state index in [-0.39, 0.29) is 0 Å². The first kappa shape index (κ1) is 12.2. The second-order valence-corrected chi connectivity index (χ2v) is 5.36. The number of hydrogen-bond donors (Lipinski definition) is 1. The molecule has 0 saturated carbocycles. The number of rotatable bonds is 2. The van der Waals surface area contributed by atoms with Crippen molar-refractivity contribution in [2.75, 3.05) is 0 Å². The summed E-state index contributed by atoms with van der Waals surface area (Å²) in [6.07, 6.45) is 3.70. The van der Waals surface area contributed by atoms with Crippen LogP contribution in [0.15, 0.2) is 53.8 Å². The quantitative estimate of drug-likeness (QED) is 0.910. The van der Waals surface area contributed by atoms with Gasteiger partial charge in [-0.15, -0.1) is 0 Å². The van der Waals surface area contributed by atoms with Crippen LogP contribution in [0.5, 0.6) is 0 Å². The van der Waals surface area contributed by atoms with Crippen LogP contribution in [0, 0.1) is 0 Å². The summed E-state index contributed by atoms with van der Waals surface area (Å²) in [5.41, 5.74) is 3.87. The van der Waals surface area contributed by atoms with Gasteiger partial charge in [-0.05, 0) is 22.8 Å². The van der Waals surface area contributed by atoms with Gasteiger partial charge >= 0.3 is 0 Å². The van der Waals surface area contributed by atoms with E-state index < -0.39 is 0 Å². The Balaban J connectivity index is 1.63. The minimum Gasteiger partial charge on any atom is -0.361 e. The summed E-state index contributed by atoms with van der Waals surface area (Å²) in [7, 11) is 0. The number of benzene rings is 1. The van der Waals surface area contributed by atoms with E-state index in [1.807, 2.05) is 12.3 Å².